The first kappa shape index (κ1) is 16.9. The molecule has 0 heterocycles. The number of nitrogens with two attached hydrogens (primary N) is 1. The summed E-state index contributed by atoms with van der Waals surface area (Å²) in [6.45, 7) is 4.69. The maximum Gasteiger partial charge on any atom is 0.203 e. The van der Waals surface area contributed by atoms with Gasteiger partial charge in [0.25, 0.3) is 0 Å². The molecule has 124 valence electrons. The summed E-state index contributed by atoms with van der Waals surface area (Å²) < 4.78 is 17.2. The van der Waals surface area contributed by atoms with E-state index in [2.05, 4.69) is 6.07 Å². The number of benzene rings is 1. The van der Waals surface area contributed by atoms with Gasteiger partial charge in [0.15, 0.2) is 11.5 Å². The molecule has 1 aliphatic carbocycles. The van der Waals surface area contributed by atoms with E-state index in [9.17, 15) is 0 Å². The van der Waals surface area contributed by atoms with Gasteiger partial charge in [0, 0.05) is 17.5 Å². The first-order valence-electron chi connectivity index (χ1n) is 8.20. The van der Waals surface area contributed by atoms with E-state index in [1.165, 1.54) is 24.8 Å². The molecule has 1 fully saturated rings. The summed E-state index contributed by atoms with van der Waals surface area (Å²) in [6.07, 6.45) is 5.99. The van der Waals surface area contributed by atoms with Gasteiger partial charge in [-0.2, -0.15) is 0 Å². The minimum atomic E-state index is -0.0119. The molecule has 0 spiro atoms. The van der Waals surface area contributed by atoms with Gasteiger partial charge in [-0.15, -0.1) is 0 Å². The first-order chi connectivity index (χ1) is 10.6. The van der Waals surface area contributed by atoms with Gasteiger partial charge in [0.1, 0.15) is 0 Å². The van der Waals surface area contributed by atoms with Crippen LogP contribution in [0.3, 0.4) is 0 Å². The monoisotopic (exact) mass is 307 g/mol. The summed E-state index contributed by atoms with van der Waals surface area (Å²) in [7, 11) is 3.31. The quantitative estimate of drug-likeness (QED) is 0.871. The molecule has 22 heavy (non-hydrogen) atoms. The Morgan fingerprint density at radius 3 is 2.23 bits per heavy atom. The molecule has 0 radical (unpaired) electrons. The Balaban J connectivity index is 2.57. The predicted molar refractivity (Wildman–Crippen MR) is 89.1 cm³/mol. The topological polar surface area (TPSA) is 53.7 Å². The molecule has 2 N–H and O–H groups in total. The molecule has 1 aromatic rings. The lowest BCUT2D eigenvalue weighted by Gasteiger charge is -2.38. The molecule has 0 atom stereocenters. The molecule has 4 heteroatoms. The second kappa shape index (κ2) is 7.23. The lowest BCUT2D eigenvalue weighted by molar-refractivity contribution is 0.211. The van der Waals surface area contributed by atoms with E-state index < -0.39 is 0 Å². The summed E-state index contributed by atoms with van der Waals surface area (Å²) in [5, 5.41) is 0. The Morgan fingerprint density at radius 2 is 1.73 bits per heavy atom. The van der Waals surface area contributed by atoms with Gasteiger partial charge in [-0.1, -0.05) is 25.3 Å². The fourth-order valence-corrected chi connectivity index (χ4v) is 3.48. The summed E-state index contributed by atoms with van der Waals surface area (Å²) in [6, 6.07) is 4.07. The van der Waals surface area contributed by atoms with Crippen molar-refractivity contribution >= 4 is 0 Å². The average molecular weight is 307 g/mol. The van der Waals surface area contributed by atoms with Gasteiger partial charge < -0.3 is 19.9 Å². The highest BCUT2D eigenvalue weighted by atomic mass is 16.5. The number of hydrogen-bond donors (Lipinski definition) is 1. The van der Waals surface area contributed by atoms with Crippen molar-refractivity contribution in [3.05, 3.63) is 17.7 Å². The van der Waals surface area contributed by atoms with Gasteiger partial charge in [-0.3, -0.25) is 0 Å². The Labute approximate surface area is 133 Å². The average Bonchev–Trinajstić information content (AvgIpc) is 2.54. The van der Waals surface area contributed by atoms with Crippen LogP contribution >= 0.6 is 0 Å². The van der Waals surface area contributed by atoms with Crippen LogP contribution in [-0.2, 0) is 5.41 Å². The molecule has 0 unspecified atom stereocenters. The molecule has 1 aromatic carbocycles. The van der Waals surface area contributed by atoms with Crippen molar-refractivity contribution in [3.63, 3.8) is 0 Å². The van der Waals surface area contributed by atoms with Crippen LogP contribution in [0.25, 0.3) is 0 Å². The van der Waals surface area contributed by atoms with Crippen LogP contribution in [0.15, 0.2) is 12.1 Å². The van der Waals surface area contributed by atoms with E-state index in [-0.39, 0.29) is 11.5 Å². The molecule has 1 aliphatic rings. The molecule has 1 saturated carbocycles. The molecular weight excluding hydrogens is 278 g/mol. The van der Waals surface area contributed by atoms with Crippen LogP contribution < -0.4 is 19.9 Å². The van der Waals surface area contributed by atoms with Crippen LogP contribution in [0.1, 0.15) is 51.5 Å². The lowest BCUT2D eigenvalue weighted by Crippen LogP contribution is -2.37. The van der Waals surface area contributed by atoms with Crippen molar-refractivity contribution < 1.29 is 14.2 Å². The van der Waals surface area contributed by atoms with E-state index in [1.807, 2.05) is 19.9 Å². The van der Waals surface area contributed by atoms with Crippen LogP contribution in [0.5, 0.6) is 17.2 Å². The van der Waals surface area contributed by atoms with Crippen LogP contribution in [0, 0.1) is 0 Å². The van der Waals surface area contributed by atoms with Gasteiger partial charge in [-0.25, -0.2) is 0 Å². The zero-order valence-corrected chi connectivity index (χ0v) is 14.3. The first-order valence-corrected chi connectivity index (χ1v) is 8.20. The number of hydrogen-bond acceptors (Lipinski definition) is 4. The summed E-state index contributed by atoms with van der Waals surface area (Å²) in [5.74, 6) is 2.17. The third-order valence-electron chi connectivity index (χ3n) is 4.63. The number of rotatable bonds is 6. The number of methoxy groups -OCH3 is 2. The second-order valence-corrected chi connectivity index (χ2v) is 6.39. The highest BCUT2D eigenvalue weighted by Crippen LogP contribution is 2.49. The Bertz CT molecular complexity index is 493. The smallest absolute Gasteiger partial charge is 0.203 e. The van der Waals surface area contributed by atoms with Crippen molar-refractivity contribution in [1.82, 2.24) is 0 Å². The van der Waals surface area contributed by atoms with Crippen molar-refractivity contribution in [2.75, 3.05) is 20.8 Å². The fourth-order valence-electron chi connectivity index (χ4n) is 3.48. The summed E-state index contributed by atoms with van der Waals surface area (Å²) in [4.78, 5) is 0. The molecule has 0 saturated heterocycles. The van der Waals surface area contributed by atoms with Crippen molar-refractivity contribution in [1.29, 1.82) is 0 Å². The van der Waals surface area contributed by atoms with E-state index in [1.54, 1.807) is 14.2 Å². The van der Waals surface area contributed by atoms with Crippen molar-refractivity contribution in [2.45, 2.75) is 57.5 Å². The summed E-state index contributed by atoms with van der Waals surface area (Å²) in [5.41, 5.74) is 7.36. The van der Waals surface area contributed by atoms with Crippen molar-refractivity contribution in [3.8, 4) is 17.2 Å². The summed E-state index contributed by atoms with van der Waals surface area (Å²) >= 11 is 0. The molecular formula is C18H29NO3. The van der Waals surface area contributed by atoms with Gasteiger partial charge in [0.2, 0.25) is 5.75 Å². The molecule has 4 nitrogen and oxygen atoms in total. The molecule has 0 bridgehead atoms. The van der Waals surface area contributed by atoms with Gasteiger partial charge >= 0.3 is 0 Å². The second-order valence-electron chi connectivity index (χ2n) is 6.39. The normalized spacial score (nSPS) is 17.4. The standard InChI is InChI=1S/C18H29NO3/c1-13(2)22-16-14(8-9-15(20-3)17(16)21-4)18(12-19)10-6-5-7-11-18/h8-9,13H,5-7,10-12,19H2,1-4H3. The highest BCUT2D eigenvalue weighted by Gasteiger charge is 2.37. The van der Waals surface area contributed by atoms with E-state index in [0.717, 1.165) is 18.6 Å². The van der Waals surface area contributed by atoms with Crippen LogP contribution in [-0.4, -0.2) is 26.9 Å². The zero-order valence-electron chi connectivity index (χ0n) is 14.3. The van der Waals surface area contributed by atoms with E-state index in [0.29, 0.717) is 18.0 Å². The van der Waals surface area contributed by atoms with Crippen LogP contribution in [0.2, 0.25) is 0 Å². The minimum absolute atomic E-state index is 0.0119. The fraction of sp³-hybridized carbons (Fsp3) is 0.667. The largest absolute Gasteiger partial charge is 0.493 e. The highest BCUT2D eigenvalue weighted by molar-refractivity contribution is 5.58. The Morgan fingerprint density at radius 1 is 1.05 bits per heavy atom. The van der Waals surface area contributed by atoms with Gasteiger partial charge in [0.05, 0.1) is 20.3 Å². The lowest BCUT2D eigenvalue weighted by atomic mass is 9.69. The molecule has 2 rings (SSSR count). The molecule has 0 aliphatic heterocycles. The number of ether oxygens (including phenoxy) is 3. The van der Waals surface area contributed by atoms with E-state index in [4.69, 9.17) is 19.9 Å². The predicted octanol–water partition coefficient (Wildman–Crippen LogP) is 3.65. The maximum atomic E-state index is 6.20. The minimum Gasteiger partial charge on any atom is -0.493 e. The van der Waals surface area contributed by atoms with Crippen molar-refractivity contribution in [2.24, 2.45) is 5.73 Å². The Hall–Kier alpha value is -1.42. The third-order valence-corrected chi connectivity index (χ3v) is 4.63. The Kier molecular flexibility index (Phi) is 5.57. The molecule has 0 aromatic heterocycles. The zero-order chi connectivity index (χ0) is 16.2. The SMILES string of the molecule is COc1ccc(C2(CN)CCCCC2)c(OC(C)C)c1OC. The van der Waals surface area contributed by atoms with Gasteiger partial charge in [-0.05, 0) is 32.8 Å². The third kappa shape index (κ3) is 3.17. The maximum absolute atomic E-state index is 6.20. The molecule has 0 amide bonds. The van der Waals surface area contributed by atoms with Crippen LogP contribution in [0.4, 0.5) is 0 Å². The van der Waals surface area contributed by atoms with E-state index >= 15 is 0 Å².